The van der Waals surface area contributed by atoms with E-state index in [1.54, 1.807) is 13.0 Å². The number of carbonyl (C=O) groups is 1. The Bertz CT molecular complexity index is 735. The molecule has 1 aromatic heterocycles. The van der Waals surface area contributed by atoms with Gasteiger partial charge in [0, 0.05) is 17.4 Å². The van der Waals surface area contributed by atoms with Gasteiger partial charge in [-0.1, -0.05) is 11.6 Å². The molecule has 0 aliphatic carbocycles. The van der Waals surface area contributed by atoms with Crippen molar-refractivity contribution in [3.05, 3.63) is 53.3 Å². The Hall–Kier alpha value is -2.39. The maximum Gasteiger partial charge on any atom is 0.488 e. The predicted octanol–water partition coefficient (Wildman–Crippen LogP) is 1.34. The molecule has 0 aliphatic rings. The predicted molar refractivity (Wildman–Crippen MR) is 78.2 cm³/mol. The van der Waals surface area contributed by atoms with Crippen molar-refractivity contribution < 1.29 is 28.0 Å². The first kappa shape index (κ1) is 17.0. The standard InChI is InChI=1S/C14H12BF3N2O3/c1-8-2-3-10(7-11(8)15(22)23)20-13(21)9-4-5-19-12(6-9)14(16,17)18/h2-7,22-23H,1H3,(H,20,21). The highest BCUT2D eigenvalue weighted by molar-refractivity contribution is 6.59. The van der Waals surface area contributed by atoms with Crippen LogP contribution in [0.3, 0.4) is 0 Å². The molecule has 0 unspecified atom stereocenters. The number of halogens is 3. The van der Waals surface area contributed by atoms with Crippen LogP contribution in [0.2, 0.25) is 0 Å². The summed E-state index contributed by atoms with van der Waals surface area (Å²) < 4.78 is 37.8. The molecule has 0 saturated carbocycles. The third kappa shape index (κ3) is 4.08. The van der Waals surface area contributed by atoms with Crippen LogP contribution in [0.25, 0.3) is 0 Å². The third-order valence-corrected chi connectivity index (χ3v) is 3.13. The van der Waals surface area contributed by atoms with E-state index in [1.165, 1.54) is 12.1 Å². The maximum atomic E-state index is 12.6. The molecule has 0 bridgehead atoms. The number of aromatic nitrogens is 1. The lowest BCUT2D eigenvalue weighted by Gasteiger charge is -2.11. The second-order valence-corrected chi connectivity index (χ2v) is 4.83. The van der Waals surface area contributed by atoms with E-state index >= 15 is 0 Å². The van der Waals surface area contributed by atoms with Crippen LogP contribution in [0.4, 0.5) is 18.9 Å². The summed E-state index contributed by atoms with van der Waals surface area (Å²) >= 11 is 0. The minimum absolute atomic E-state index is 0.188. The van der Waals surface area contributed by atoms with Gasteiger partial charge in [-0.2, -0.15) is 13.2 Å². The zero-order valence-electron chi connectivity index (χ0n) is 11.9. The first-order valence-corrected chi connectivity index (χ1v) is 6.50. The van der Waals surface area contributed by atoms with Crippen LogP contribution < -0.4 is 10.8 Å². The summed E-state index contributed by atoms with van der Waals surface area (Å²) in [5, 5.41) is 20.8. The van der Waals surface area contributed by atoms with Gasteiger partial charge in [0.2, 0.25) is 0 Å². The quantitative estimate of drug-likeness (QED) is 0.744. The Morgan fingerprint density at radius 2 is 1.91 bits per heavy atom. The van der Waals surface area contributed by atoms with Crippen LogP contribution in [0, 0.1) is 6.92 Å². The van der Waals surface area contributed by atoms with Crippen LogP contribution in [0.1, 0.15) is 21.6 Å². The molecular formula is C14H12BF3N2O3. The maximum absolute atomic E-state index is 12.6. The molecular weight excluding hydrogens is 312 g/mol. The first-order valence-electron chi connectivity index (χ1n) is 6.50. The smallest absolute Gasteiger partial charge is 0.423 e. The molecule has 0 radical (unpaired) electrons. The second-order valence-electron chi connectivity index (χ2n) is 4.83. The highest BCUT2D eigenvalue weighted by atomic mass is 19.4. The number of benzene rings is 1. The fourth-order valence-corrected chi connectivity index (χ4v) is 1.93. The molecule has 0 aliphatic heterocycles. The molecule has 1 aromatic carbocycles. The van der Waals surface area contributed by atoms with E-state index in [0.29, 0.717) is 11.6 Å². The Kier molecular flexibility index (Phi) is 4.72. The second kappa shape index (κ2) is 6.39. The Labute approximate surface area is 129 Å². The van der Waals surface area contributed by atoms with Gasteiger partial charge >= 0.3 is 13.3 Å². The van der Waals surface area contributed by atoms with E-state index in [1.807, 2.05) is 0 Å². The minimum atomic E-state index is -4.64. The molecule has 2 aromatic rings. The van der Waals surface area contributed by atoms with Crippen molar-refractivity contribution in [3.63, 3.8) is 0 Å². The number of hydrogen-bond donors (Lipinski definition) is 3. The number of carbonyl (C=O) groups excluding carboxylic acids is 1. The summed E-state index contributed by atoms with van der Waals surface area (Å²) in [7, 11) is -1.72. The van der Waals surface area contributed by atoms with E-state index in [2.05, 4.69) is 10.3 Å². The summed E-state index contributed by atoms with van der Waals surface area (Å²) in [6, 6.07) is 6.19. The molecule has 3 N–H and O–H groups in total. The Balaban J connectivity index is 2.24. The largest absolute Gasteiger partial charge is 0.488 e. The van der Waals surface area contributed by atoms with Gasteiger partial charge in [-0.05, 0) is 36.7 Å². The van der Waals surface area contributed by atoms with Gasteiger partial charge in [-0.25, -0.2) is 0 Å². The van der Waals surface area contributed by atoms with Gasteiger partial charge in [0.15, 0.2) is 0 Å². The van der Waals surface area contributed by atoms with Crippen molar-refractivity contribution in [1.29, 1.82) is 0 Å². The van der Waals surface area contributed by atoms with Crippen molar-refractivity contribution in [2.75, 3.05) is 5.32 Å². The summed E-state index contributed by atoms with van der Waals surface area (Å²) in [6.45, 7) is 1.65. The van der Waals surface area contributed by atoms with E-state index < -0.39 is 24.9 Å². The molecule has 5 nitrogen and oxygen atoms in total. The van der Waals surface area contributed by atoms with Crippen molar-refractivity contribution in [2.24, 2.45) is 0 Å². The van der Waals surface area contributed by atoms with Crippen molar-refractivity contribution in [1.82, 2.24) is 4.98 Å². The van der Waals surface area contributed by atoms with Gasteiger partial charge in [-0.15, -0.1) is 0 Å². The number of aryl methyl sites for hydroxylation is 1. The summed E-state index contributed by atoms with van der Waals surface area (Å²) in [5.74, 6) is -0.764. The van der Waals surface area contributed by atoms with Crippen LogP contribution in [-0.2, 0) is 6.18 Å². The molecule has 0 spiro atoms. The van der Waals surface area contributed by atoms with Crippen LogP contribution in [-0.4, -0.2) is 28.1 Å². The zero-order valence-corrected chi connectivity index (χ0v) is 11.9. The average molecular weight is 324 g/mol. The number of nitrogens with zero attached hydrogens (tertiary/aromatic N) is 1. The third-order valence-electron chi connectivity index (χ3n) is 3.13. The number of anilines is 1. The SMILES string of the molecule is Cc1ccc(NC(=O)c2ccnc(C(F)(F)F)c2)cc1B(O)O. The van der Waals surface area contributed by atoms with E-state index in [0.717, 1.165) is 12.3 Å². The highest BCUT2D eigenvalue weighted by Gasteiger charge is 2.33. The van der Waals surface area contributed by atoms with Gasteiger partial charge in [0.1, 0.15) is 5.69 Å². The van der Waals surface area contributed by atoms with Crippen LogP contribution in [0.15, 0.2) is 36.5 Å². The summed E-state index contributed by atoms with van der Waals surface area (Å²) in [4.78, 5) is 15.2. The molecule has 9 heteroatoms. The molecule has 1 amide bonds. The summed E-state index contributed by atoms with van der Waals surface area (Å²) in [6.07, 6.45) is -3.75. The highest BCUT2D eigenvalue weighted by Crippen LogP contribution is 2.27. The molecule has 0 fully saturated rings. The van der Waals surface area contributed by atoms with Crippen molar-refractivity contribution in [3.8, 4) is 0 Å². The van der Waals surface area contributed by atoms with Crippen molar-refractivity contribution >= 4 is 24.2 Å². The normalized spacial score (nSPS) is 11.2. The lowest BCUT2D eigenvalue weighted by Crippen LogP contribution is -2.32. The molecule has 1 heterocycles. The molecule has 0 atom stereocenters. The number of rotatable bonds is 3. The first-order chi connectivity index (χ1) is 10.7. The molecule has 23 heavy (non-hydrogen) atoms. The van der Waals surface area contributed by atoms with Crippen LogP contribution >= 0.6 is 0 Å². The van der Waals surface area contributed by atoms with E-state index in [9.17, 15) is 28.0 Å². The van der Waals surface area contributed by atoms with Gasteiger partial charge < -0.3 is 15.4 Å². The van der Waals surface area contributed by atoms with Crippen LogP contribution in [0.5, 0.6) is 0 Å². The van der Waals surface area contributed by atoms with Gasteiger partial charge in [0.25, 0.3) is 5.91 Å². The number of amides is 1. The van der Waals surface area contributed by atoms with E-state index in [-0.39, 0.29) is 16.7 Å². The lowest BCUT2D eigenvalue weighted by molar-refractivity contribution is -0.141. The van der Waals surface area contributed by atoms with Gasteiger partial charge in [0.05, 0.1) is 0 Å². The fourth-order valence-electron chi connectivity index (χ4n) is 1.93. The Morgan fingerprint density at radius 3 is 2.52 bits per heavy atom. The molecule has 0 saturated heterocycles. The fraction of sp³-hybridized carbons (Fsp3) is 0.143. The molecule has 2 rings (SSSR count). The van der Waals surface area contributed by atoms with Gasteiger partial charge in [-0.3, -0.25) is 9.78 Å². The minimum Gasteiger partial charge on any atom is -0.423 e. The topological polar surface area (TPSA) is 82.5 Å². The average Bonchev–Trinajstić information content (AvgIpc) is 2.48. The monoisotopic (exact) mass is 324 g/mol. The lowest BCUT2D eigenvalue weighted by atomic mass is 9.77. The number of pyridine rings is 1. The number of nitrogens with one attached hydrogen (secondary N) is 1. The van der Waals surface area contributed by atoms with Crippen molar-refractivity contribution in [2.45, 2.75) is 13.1 Å². The summed E-state index contributed by atoms with van der Waals surface area (Å²) in [5.41, 5.74) is -0.358. The number of alkyl halides is 3. The Morgan fingerprint density at radius 1 is 1.22 bits per heavy atom. The van der Waals surface area contributed by atoms with E-state index in [4.69, 9.17) is 0 Å². The number of hydrogen-bond acceptors (Lipinski definition) is 4. The molecule has 120 valence electrons. The zero-order chi connectivity index (χ0) is 17.2.